The Morgan fingerprint density at radius 3 is 2.67 bits per heavy atom. The molecule has 0 bridgehead atoms. The van der Waals surface area contributed by atoms with Gasteiger partial charge in [0.05, 0.1) is 35.3 Å². The molecule has 3 aromatic rings. The molecule has 2 aromatic heterocycles. The zero-order valence-corrected chi connectivity index (χ0v) is 15.5. The summed E-state index contributed by atoms with van der Waals surface area (Å²) in [5.41, 5.74) is 6.41. The summed E-state index contributed by atoms with van der Waals surface area (Å²) in [6.45, 7) is 6.40. The molecule has 3 heterocycles. The fraction of sp³-hybridized carbons (Fsp3) is 0.286. The molecule has 0 saturated heterocycles. The number of ether oxygens (including phenoxy) is 1. The minimum Gasteiger partial charge on any atom is -0.373 e. The Labute approximate surface area is 157 Å². The molecule has 1 aliphatic rings. The summed E-state index contributed by atoms with van der Waals surface area (Å²) in [6, 6.07) is 10.4. The molecule has 0 N–H and O–H groups in total. The highest BCUT2D eigenvalue weighted by Gasteiger charge is 2.26. The number of pyridine rings is 1. The Kier molecular flexibility index (Phi) is 4.25. The number of fused-ring (bicyclic) bond motifs is 1. The van der Waals surface area contributed by atoms with E-state index >= 15 is 0 Å². The first-order chi connectivity index (χ1) is 13.0. The number of hydrogen-bond acceptors (Lipinski definition) is 4. The fourth-order valence-corrected chi connectivity index (χ4v) is 3.55. The van der Waals surface area contributed by atoms with E-state index in [4.69, 9.17) is 15.1 Å². The SMILES string of the molecule is Cc1cc(-c2nn(-c3ccc(F)c(C#N)c3)c3c2COC(C)C3)cc(C)n1. The van der Waals surface area contributed by atoms with Gasteiger partial charge in [-0.1, -0.05) is 0 Å². The predicted molar refractivity (Wildman–Crippen MR) is 98.9 cm³/mol. The topological polar surface area (TPSA) is 63.7 Å². The molecule has 0 fully saturated rings. The van der Waals surface area contributed by atoms with E-state index in [2.05, 4.69) is 4.98 Å². The van der Waals surface area contributed by atoms with Crippen LogP contribution in [0.3, 0.4) is 0 Å². The lowest BCUT2D eigenvalue weighted by molar-refractivity contribution is 0.0401. The van der Waals surface area contributed by atoms with E-state index in [1.54, 1.807) is 6.07 Å². The van der Waals surface area contributed by atoms with Crippen molar-refractivity contribution in [1.82, 2.24) is 14.8 Å². The van der Waals surface area contributed by atoms with Crippen LogP contribution < -0.4 is 0 Å². The van der Waals surface area contributed by atoms with Crippen molar-refractivity contribution in [3.8, 4) is 23.0 Å². The third kappa shape index (κ3) is 3.11. The van der Waals surface area contributed by atoms with Crippen molar-refractivity contribution in [2.75, 3.05) is 0 Å². The maximum Gasteiger partial charge on any atom is 0.141 e. The van der Waals surface area contributed by atoms with Gasteiger partial charge in [-0.15, -0.1) is 0 Å². The van der Waals surface area contributed by atoms with Crippen LogP contribution in [0.15, 0.2) is 30.3 Å². The lowest BCUT2D eigenvalue weighted by Gasteiger charge is -2.21. The molecule has 1 aliphatic heterocycles. The third-order valence-electron chi connectivity index (χ3n) is 4.75. The summed E-state index contributed by atoms with van der Waals surface area (Å²) in [6.07, 6.45) is 0.766. The Balaban J connectivity index is 1.93. The summed E-state index contributed by atoms with van der Waals surface area (Å²) in [5.74, 6) is -0.528. The van der Waals surface area contributed by atoms with Gasteiger partial charge in [0.2, 0.25) is 0 Å². The molecule has 4 rings (SSSR count). The number of rotatable bonds is 2. The van der Waals surface area contributed by atoms with Crippen molar-refractivity contribution in [2.45, 2.75) is 39.9 Å². The molecule has 6 heteroatoms. The van der Waals surface area contributed by atoms with Crippen LogP contribution in [-0.2, 0) is 17.8 Å². The normalized spacial score (nSPS) is 16.0. The van der Waals surface area contributed by atoms with Gasteiger partial charge in [0, 0.05) is 28.9 Å². The monoisotopic (exact) mass is 362 g/mol. The number of nitriles is 1. The largest absolute Gasteiger partial charge is 0.373 e. The summed E-state index contributed by atoms with van der Waals surface area (Å²) >= 11 is 0. The van der Waals surface area contributed by atoms with Gasteiger partial charge in [0.1, 0.15) is 11.9 Å². The van der Waals surface area contributed by atoms with Crippen LogP contribution in [0.5, 0.6) is 0 Å². The highest BCUT2D eigenvalue weighted by molar-refractivity contribution is 5.66. The van der Waals surface area contributed by atoms with E-state index in [0.29, 0.717) is 18.7 Å². The lowest BCUT2D eigenvalue weighted by atomic mass is 10.0. The molecule has 136 valence electrons. The average Bonchev–Trinajstić information content (AvgIpc) is 3.00. The molecule has 1 aromatic carbocycles. The first-order valence-electron chi connectivity index (χ1n) is 8.84. The predicted octanol–water partition coefficient (Wildman–Crippen LogP) is 4.02. The quantitative estimate of drug-likeness (QED) is 0.691. The number of aromatic nitrogens is 3. The van der Waals surface area contributed by atoms with Crippen molar-refractivity contribution in [1.29, 1.82) is 5.26 Å². The van der Waals surface area contributed by atoms with Crippen LogP contribution in [0.2, 0.25) is 0 Å². The molecule has 0 spiro atoms. The molecular weight excluding hydrogens is 343 g/mol. The number of nitrogens with zero attached hydrogens (tertiary/aromatic N) is 4. The second kappa shape index (κ2) is 6.60. The minimum absolute atomic E-state index is 0.00834. The molecule has 0 aliphatic carbocycles. The molecule has 1 atom stereocenters. The third-order valence-corrected chi connectivity index (χ3v) is 4.75. The Bertz CT molecular complexity index is 1060. The van der Waals surface area contributed by atoms with Gasteiger partial charge >= 0.3 is 0 Å². The molecule has 1 unspecified atom stereocenters. The van der Waals surface area contributed by atoms with Gasteiger partial charge in [0.25, 0.3) is 0 Å². The van der Waals surface area contributed by atoms with Crippen molar-refractivity contribution < 1.29 is 9.13 Å². The first-order valence-corrected chi connectivity index (χ1v) is 8.84. The summed E-state index contributed by atoms with van der Waals surface area (Å²) in [7, 11) is 0. The second-order valence-electron chi connectivity index (χ2n) is 6.93. The molecule has 5 nitrogen and oxygen atoms in total. The average molecular weight is 362 g/mol. The van der Waals surface area contributed by atoms with Gasteiger partial charge in [-0.05, 0) is 51.1 Å². The zero-order valence-electron chi connectivity index (χ0n) is 15.5. The van der Waals surface area contributed by atoms with Gasteiger partial charge in [-0.25, -0.2) is 9.07 Å². The van der Waals surface area contributed by atoms with Crippen LogP contribution in [0.1, 0.15) is 35.1 Å². The van der Waals surface area contributed by atoms with E-state index in [1.165, 1.54) is 12.1 Å². The summed E-state index contributed by atoms with van der Waals surface area (Å²) in [4.78, 5) is 4.44. The van der Waals surface area contributed by atoms with E-state index in [9.17, 15) is 4.39 Å². The van der Waals surface area contributed by atoms with Crippen LogP contribution in [0.25, 0.3) is 16.9 Å². The Morgan fingerprint density at radius 1 is 1.22 bits per heavy atom. The van der Waals surface area contributed by atoms with E-state index in [1.807, 2.05) is 43.7 Å². The second-order valence-corrected chi connectivity index (χ2v) is 6.93. The van der Waals surface area contributed by atoms with Crippen LogP contribution in [-0.4, -0.2) is 20.9 Å². The van der Waals surface area contributed by atoms with Gasteiger partial charge in [-0.2, -0.15) is 10.4 Å². The number of benzene rings is 1. The van der Waals surface area contributed by atoms with E-state index in [-0.39, 0.29) is 11.7 Å². The van der Waals surface area contributed by atoms with Crippen molar-refractivity contribution in [3.05, 3.63) is 64.4 Å². The first kappa shape index (κ1) is 17.4. The maximum absolute atomic E-state index is 13.8. The van der Waals surface area contributed by atoms with E-state index in [0.717, 1.165) is 33.9 Å². The highest BCUT2D eigenvalue weighted by atomic mass is 19.1. The van der Waals surface area contributed by atoms with E-state index < -0.39 is 5.82 Å². The smallest absolute Gasteiger partial charge is 0.141 e. The van der Waals surface area contributed by atoms with Gasteiger partial charge in [0.15, 0.2) is 0 Å². The summed E-state index contributed by atoms with van der Waals surface area (Å²) in [5, 5.41) is 14.0. The number of aryl methyl sites for hydroxylation is 2. The molecule has 0 amide bonds. The highest BCUT2D eigenvalue weighted by Crippen LogP contribution is 2.33. The maximum atomic E-state index is 13.8. The number of hydrogen-bond donors (Lipinski definition) is 0. The lowest BCUT2D eigenvalue weighted by Crippen LogP contribution is -2.21. The van der Waals surface area contributed by atoms with Crippen molar-refractivity contribution in [3.63, 3.8) is 0 Å². The standard InChI is InChI=1S/C21H19FN4O/c1-12-6-15(7-13(2)24-12)21-18-11-27-14(3)8-20(18)26(25-21)17-4-5-19(22)16(9-17)10-23/h4-7,9,14H,8,11H2,1-3H3. The molecular formula is C21H19FN4O. The molecule has 0 radical (unpaired) electrons. The van der Waals surface area contributed by atoms with Crippen molar-refractivity contribution in [2.24, 2.45) is 0 Å². The van der Waals surface area contributed by atoms with Gasteiger partial charge in [-0.3, -0.25) is 4.98 Å². The van der Waals surface area contributed by atoms with Crippen molar-refractivity contribution >= 4 is 0 Å². The number of halogens is 1. The van der Waals surface area contributed by atoms with Gasteiger partial charge < -0.3 is 4.74 Å². The summed E-state index contributed by atoms with van der Waals surface area (Å²) < 4.78 is 21.4. The Hall–Kier alpha value is -3.04. The van der Waals surface area contributed by atoms with Crippen LogP contribution in [0.4, 0.5) is 4.39 Å². The fourth-order valence-electron chi connectivity index (χ4n) is 3.55. The van der Waals surface area contributed by atoms with Crippen LogP contribution in [0, 0.1) is 31.0 Å². The minimum atomic E-state index is -0.528. The molecule has 27 heavy (non-hydrogen) atoms. The van der Waals surface area contributed by atoms with Crippen LogP contribution >= 0.6 is 0 Å². The Morgan fingerprint density at radius 2 is 1.96 bits per heavy atom. The molecule has 0 saturated carbocycles. The zero-order chi connectivity index (χ0) is 19.1.